The Morgan fingerprint density at radius 2 is 1.60 bits per heavy atom. The number of carbonyl (C=O) groups excluding carboxylic acids is 2. The topological polar surface area (TPSA) is 121 Å². The smallest absolute Gasteiger partial charge is 0.318 e. The van der Waals surface area contributed by atoms with Crippen LogP contribution in [0.25, 0.3) is 0 Å². The van der Waals surface area contributed by atoms with Crippen LogP contribution in [-0.4, -0.2) is 70.6 Å². The normalized spacial score (nSPS) is 17.8. The summed E-state index contributed by atoms with van der Waals surface area (Å²) < 4.78 is 40.4. The quantitative estimate of drug-likeness (QED) is 0.279. The van der Waals surface area contributed by atoms with E-state index in [9.17, 15) is 18.0 Å². The predicted molar refractivity (Wildman–Crippen MR) is 179 cm³/mol. The third kappa shape index (κ3) is 5.49. The summed E-state index contributed by atoms with van der Waals surface area (Å²) in [4.78, 5) is 36.7. The second-order valence-electron chi connectivity index (χ2n) is 11.0. The van der Waals surface area contributed by atoms with Gasteiger partial charge in [-0.05, 0) is 55.0 Å². The average molecular weight is 697 g/mol. The Labute approximate surface area is 282 Å². The van der Waals surface area contributed by atoms with Crippen molar-refractivity contribution in [3.63, 3.8) is 0 Å². The van der Waals surface area contributed by atoms with E-state index >= 15 is 0 Å². The molecule has 11 nitrogen and oxygen atoms in total. The van der Waals surface area contributed by atoms with Crippen LogP contribution in [0.15, 0.2) is 84.0 Å². The number of halogens is 2. The van der Waals surface area contributed by atoms with Crippen molar-refractivity contribution < 1.29 is 27.5 Å². The summed E-state index contributed by atoms with van der Waals surface area (Å²) in [6, 6.07) is 16.9. The molecule has 0 aliphatic carbocycles. The summed E-state index contributed by atoms with van der Waals surface area (Å²) in [5.41, 5.74) is -0.0955. The first-order chi connectivity index (χ1) is 22.5. The molecule has 0 bridgehead atoms. The molecule has 0 spiro atoms. The van der Waals surface area contributed by atoms with E-state index in [2.05, 4.69) is 15.2 Å². The zero-order valence-corrected chi connectivity index (χ0v) is 28.1. The number of nitrogens with one attached hydrogen (secondary N) is 1. The van der Waals surface area contributed by atoms with Gasteiger partial charge in [0.2, 0.25) is 0 Å². The first kappa shape index (κ1) is 32.4. The Morgan fingerprint density at radius 1 is 0.894 bits per heavy atom. The Balaban J connectivity index is 1.47. The molecule has 2 aliphatic heterocycles. The lowest BCUT2D eigenvalue weighted by Gasteiger charge is -2.38. The monoisotopic (exact) mass is 695 g/mol. The van der Waals surface area contributed by atoms with Gasteiger partial charge >= 0.3 is 6.03 Å². The molecule has 1 atom stereocenters. The molecule has 1 unspecified atom stereocenters. The number of sulfonamides is 1. The number of rotatable bonds is 7. The molecule has 6 rings (SSSR count). The number of ether oxygens (including phenoxy) is 2. The fourth-order valence-electron chi connectivity index (χ4n) is 6.02. The lowest BCUT2D eigenvalue weighted by Crippen LogP contribution is -2.60. The summed E-state index contributed by atoms with van der Waals surface area (Å²) in [7, 11) is -1.91. The molecule has 0 radical (unpaired) electrons. The molecule has 0 saturated carbocycles. The Hall–Kier alpha value is -4.52. The number of hydrogen-bond acceptors (Lipinski definition) is 8. The highest BCUT2D eigenvalue weighted by molar-refractivity contribution is 7.93. The van der Waals surface area contributed by atoms with Crippen LogP contribution < -0.4 is 24.0 Å². The second kappa shape index (κ2) is 12.6. The van der Waals surface area contributed by atoms with Gasteiger partial charge < -0.3 is 24.6 Å². The predicted octanol–water partition coefficient (Wildman–Crippen LogP) is 5.22. The van der Waals surface area contributed by atoms with E-state index in [1.165, 1.54) is 38.5 Å². The highest BCUT2D eigenvalue weighted by Crippen LogP contribution is 2.50. The highest BCUT2D eigenvalue weighted by Gasteiger charge is 2.58. The number of methoxy groups -OCH3 is 2. The maximum absolute atomic E-state index is 15.0. The molecule has 1 saturated heterocycles. The second-order valence-corrected chi connectivity index (χ2v) is 13.6. The minimum atomic E-state index is -4.66. The van der Waals surface area contributed by atoms with E-state index in [1.807, 2.05) is 12.1 Å². The number of amides is 3. The summed E-state index contributed by atoms with van der Waals surface area (Å²) in [6.07, 6.45) is 3.42. The minimum Gasteiger partial charge on any atom is -0.497 e. The van der Waals surface area contributed by atoms with Gasteiger partial charge in [0, 0.05) is 71.5 Å². The highest BCUT2D eigenvalue weighted by atomic mass is 35.5. The number of nitrogens with zero attached hydrogens (tertiary/aromatic N) is 4. The van der Waals surface area contributed by atoms with Crippen LogP contribution in [0.2, 0.25) is 10.0 Å². The van der Waals surface area contributed by atoms with Gasteiger partial charge in [0.25, 0.3) is 15.9 Å². The van der Waals surface area contributed by atoms with Crippen LogP contribution in [0.4, 0.5) is 16.2 Å². The largest absolute Gasteiger partial charge is 0.497 e. The Kier molecular flexibility index (Phi) is 8.68. The van der Waals surface area contributed by atoms with Gasteiger partial charge in [-0.25, -0.2) is 13.2 Å². The zero-order valence-electron chi connectivity index (χ0n) is 25.7. The Bertz CT molecular complexity index is 1970. The SMILES string of the molecule is COc1ccc(S(=O)(=O)N2C(=O)C(NC(=O)N3CCN(c4ccncc4)CC3)(c3ccccc3Cl)c3cc(C)c(Cl)cc32)c(OC)c1. The summed E-state index contributed by atoms with van der Waals surface area (Å²) in [5, 5.41) is 3.34. The van der Waals surface area contributed by atoms with Gasteiger partial charge in [-0.2, -0.15) is 4.31 Å². The van der Waals surface area contributed by atoms with Crippen molar-refractivity contribution in [3.05, 3.63) is 106 Å². The van der Waals surface area contributed by atoms with Crippen LogP contribution in [0.1, 0.15) is 16.7 Å². The van der Waals surface area contributed by atoms with Crippen LogP contribution >= 0.6 is 23.2 Å². The number of aromatic nitrogens is 1. The van der Waals surface area contributed by atoms with E-state index in [0.29, 0.717) is 41.8 Å². The van der Waals surface area contributed by atoms with Gasteiger partial charge in [-0.15, -0.1) is 0 Å². The number of piperazine rings is 1. The van der Waals surface area contributed by atoms with Crippen LogP contribution in [0, 0.1) is 6.92 Å². The van der Waals surface area contributed by atoms with Crippen molar-refractivity contribution in [3.8, 4) is 11.5 Å². The fourth-order valence-corrected chi connectivity index (χ4v) is 8.05. The van der Waals surface area contributed by atoms with E-state index < -0.39 is 27.5 Å². The third-order valence-corrected chi connectivity index (χ3v) is 10.9. The van der Waals surface area contributed by atoms with Crippen molar-refractivity contribution in [2.24, 2.45) is 0 Å². The number of aryl methyl sites for hydroxylation is 1. The fraction of sp³-hybridized carbons (Fsp3) is 0.242. The maximum atomic E-state index is 15.0. The van der Waals surface area contributed by atoms with E-state index in [0.717, 1.165) is 5.69 Å². The van der Waals surface area contributed by atoms with Crippen molar-refractivity contribution >= 4 is 56.5 Å². The van der Waals surface area contributed by atoms with Gasteiger partial charge in [-0.3, -0.25) is 9.78 Å². The molecule has 3 amide bonds. The number of hydrogen-bond donors (Lipinski definition) is 1. The van der Waals surface area contributed by atoms with E-state index in [1.54, 1.807) is 54.5 Å². The van der Waals surface area contributed by atoms with Crippen molar-refractivity contribution in [1.82, 2.24) is 15.2 Å². The molecule has 14 heteroatoms. The lowest BCUT2D eigenvalue weighted by molar-refractivity contribution is -0.121. The van der Waals surface area contributed by atoms with Crippen molar-refractivity contribution in [2.75, 3.05) is 49.6 Å². The number of fused-ring (bicyclic) bond motifs is 1. The number of pyridine rings is 1. The van der Waals surface area contributed by atoms with Gasteiger partial charge in [0.1, 0.15) is 16.4 Å². The number of benzene rings is 3. The summed E-state index contributed by atoms with van der Waals surface area (Å²) in [5.74, 6) is -0.638. The number of anilines is 2. The van der Waals surface area contributed by atoms with Gasteiger partial charge in [0.05, 0.1) is 19.9 Å². The standard InChI is InChI=1S/C33H31Cl2N5O6S/c1-21-18-25-28(20-27(21)35)40(47(43,44)30-9-8-23(45-2)19-29(30)46-3)31(41)33(25,24-6-4-5-7-26(24)34)37-32(42)39-16-14-38(15-17-39)22-10-12-36-13-11-22/h4-13,18-20H,14-17H2,1-3H3,(H,37,42). The number of urea groups is 1. The van der Waals surface area contributed by atoms with Crippen molar-refractivity contribution in [1.29, 1.82) is 0 Å². The molecule has 3 aromatic carbocycles. The molecule has 2 aliphatic rings. The van der Waals surface area contributed by atoms with Crippen LogP contribution in [0.3, 0.4) is 0 Å². The van der Waals surface area contributed by atoms with Crippen LogP contribution in [0.5, 0.6) is 11.5 Å². The summed E-state index contributed by atoms with van der Waals surface area (Å²) >= 11 is 13.3. The number of carbonyl (C=O) groups is 2. The molecule has 1 N–H and O–H groups in total. The average Bonchev–Trinajstić information content (AvgIpc) is 3.32. The molecule has 4 aromatic rings. The first-order valence-electron chi connectivity index (χ1n) is 14.6. The molecule has 1 fully saturated rings. The maximum Gasteiger partial charge on any atom is 0.318 e. The zero-order chi connectivity index (χ0) is 33.5. The van der Waals surface area contributed by atoms with Gasteiger partial charge in [-0.1, -0.05) is 41.4 Å². The Morgan fingerprint density at radius 3 is 2.26 bits per heavy atom. The minimum absolute atomic E-state index is 0.0220. The van der Waals surface area contributed by atoms with Crippen molar-refractivity contribution in [2.45, 2.75) is 17.4 Å². The van der Waals surface area contributed by atoms with Gasteiger partial charge in [0.15, 0.2) is 5.54 Å². The molecule has 244 valence electrons. The molecule has 1 aromatic heterocycles. The molecule has 3 heterocycles. The van der Waals surface area contributed by atoms with E-state index in [4.69, 9.17) is 32.7 Å². The molecule has 47 heavy (non-hydrogen) atoms. The lowest BCUT2D eigenvalue weighted by atomic mass is 9.83. The third-order valence-electron chi connectivity index (χ3n) is 8.46. The molecular weight excluding hydrogens is 665 g/mol. The van der Waals surface area contributed by atoms with Crippen LogP contribution in [-0.2, 0) is 20.4 Å². The first-order valence-corrected chi connectivity index (χ1v) is 16.8. The molecular formula is C33H31Cl2N5O6S. The summed E-state index contributed by atoms with van der Waals surface area (Å²) in [6.45, 7) is 3.49. The van der Waals surface area contributed by atoms with E-state index in [-0.39, 0.29) is 37.5 Å².